The van der Waals surface area contributed by atoms with Crippen LogP contribution in [0.15, 0.2) is 33.6 Å². The molecular weight excluding hydrogens is 192 g/mol. The number of nitrogens with zero attached hydrogens (tertiary/aromatic N) is 1. The van der Waals surface area contributed by atoms with Gasteiger partial charge in [0.2, 0.25) is 0 Å². The van der Waals surface area contributed by atoms with Crippen LogP contribution in [0.5, 0.6) is 0 Å². The Morgan fingerprint density at radius 1 is 1.46 bits per heavy atom. The minimum absolute atomic E-state index is 0.382. The third-order valence-electron chi connectivity index (χ3n) is 1.54. The van der Waals surface area contributed by atoms with E-state index in [-0.39, 0.29) is 0 Å². The Morgan fingerprint density at radius 3 is 2.92 bits per heavy atom. The lowest BCUT2D eigenvalue weighted by Gasteiger charge is -1.93. The van der Waals surface area contributed by atoms with Gasteiger partial charge in [-0.3, -0.25) is 9.51 Å². The molecule has 1 heterocycles. The Hall–Kier alpha value is -1.55. The van der Waals surface area contributed by atoms with E-state index in [1.165, 1.54) is 0 Å². The smallest absolute Gasteiger partial charge is 0.296 e. The third-order valence-corrected chi connectivity index (χ3v) is 1.77. The highest BCUT2D eigenvalue weighted by molar-refractivity contribution is 6.30. The van der Waals surface area contributed by atoms with Gasteiger partial charge in [0.15, 0.2) is 5.82 Å². The summed E-state index contributed by atoms with van der Waals surface area (Å²) in [5, 5.41) is 4.11. The largest absolute Gasteiger partial charge is 0.439 e. The first kappa shape index (κ1) is 8.07. The molecule has 5 heteroatoms. The number of hydrogen-bond acceptors (Lipinski definition) is 3. The molecule has 0 radical (unpaired) electrons. The number of halogens is 1. The summed E-state index contributed by atoms with van der Waals surface area (Å²) < 4.78 is 4.35. The highest BCUT2D eigenvalue weighted by Gasteiger charge is 2.03. The molecule has 1 aromatic heterocycles. The molecule has 0 aliphatic carbocycles. The predicted molar refractivity (Wildman–Crippen MR) is 47.6 cm³/mol. The molecular formula is C8H5ClN2O2. The molecule has 1 aromatic carbocycles. The molecule has 0 aliphatic rings. The van der Waals surface area contributed by atoms with Gasteiger partial charge in [-0.15, -0.1) is 0 Å². The first-order valence-corrected chi connectivity index (χ1v) is 3.95. The number of nitrogens with one attached hydrogen (secondary N) is 1. The maximum absolute atomic E-state index is 10.6. The number of aromatic amines is 1. The van der Waals surface area contributed by atoms with E-state index >= 15 is 0 Å². The Morgan fingerprint density at radius 2 is 2.31 bits per heavy atom. The van der Waals surface area contributed by atoms with Crippen LogP contribution in [0.25, 0.3) is 11.4 Å². The average molecular weight is 197 g/mol. The molecule has 0 amide bonds. The summed E-state index contributed by atoms with van der Waals surface area (Å²) in [4.78, 5) is 13.1. The van der Waals surface area contributed by atoms with E-state index in [1.54, 1.807) is 24.3 Å². The number of hydrogen-bond donors (Lipinski definition) is 1. The van der Waals surface area contributed by atoms with Crippen LogP contribution in [0.4, 0.5) is 0 Å². The van der Waals surface area contributed by atoms with Crippen molar-refractivity contribution in [3.05, 3.63) is 39.8 Å². The maximum Gasteiger partial charge on any atom is 0.439 e. The normalized spacial score (nSPS) is 10.2. The van der Waals surface area contributed by atoms with Crippen LogP contribution in [0, 0.1) is 0 Å². The van der Waals surface area contributed by atoms with Crippen LogP contribution >= 0.6 is 11.6 Å². The quantitative estimate of drug-likeness (QED) is 0.755. The molecule has 0 fully saturated rings. The van der Waals surface area contributed by atoms with Gasteiger partial charge >= 0.3 is 5.76 Å². The lowest BCUT2D eigenvalue weighted by molar-refractivity contribution is 0.388. The van der Waals surface area contributed by atoms with Crippen LogP contribution in [0.1, 0.15) is 0 Å². The van der Waals surface area contributed by atoms with Crippen LogP contribution in [0.2, 0.25) is 5.02 Å². The van der Waals surface area contributed by atoms with Gasteiger partial charge in [-0.25, -0.2) is 4.79 Å². The van der Waals surface area contributed by atoms with E-state index < -0.39 is 5.76 Å². The van der Waals surface area contributed by atoms with Crippen molar-refractivity contribution in [1.29, 1.82) is 0 Å². The van der Waals surface area contributed by atoms with Crippen molar-refractivity contribution in [2.24, 2.45) is 0 Å². The molecule has 0 bridgehead atoms. The monoisotopic (exact) mass is 196 g/mol. The van der Waals surface area contributed by atoms with Crippen molar-refractivity contribution in [3.63, 3.8) is 0 Å². The molecule has 0 unspecified atom stereocenters. The summed E-state index contributed by atoms with van der Waals surface area (Å²) in [7, 11) is 0. The zero-order valence-corrected chi connectivity index (χ0v) is 7.21. The van der Waals surface area contributed by atoms with Crippen molar-refractivity contribution in [2.75, 3.05) is 0 Å². The second-order valence-electron chi connectivity index (χ2n) is 2.45. The van der Waals surface area contributed by atoms with E-state index in [4.69, 9.17) is 11.6 Å². The molecule has 0 aliphatic heterocycles. The minimum atomic E-state index is -0.574. The molecule has 1 N–H and O–H groups in total. The molecule has 0 atom stereocenters. The Labute approximate surface area is 78.1 Å². The van der Waals surface area contributed by atoms with E-state index in [9.17, 15) is 4.79 Å². The van der Waals surface area contributed by atoms with Gasteiger partial charge in [-0.1, -0.05) is 28.9 Å². The van der Waals surface area contributed by atoms with Crippen LogP contribution < -0.4 is 5.76 Å². The second-order valence-corrected chi connectivity index (χ2v) is 2.89. The highest BCUT2D eigenvalue weighted by Crippen LogP contribution is 2.17. The highest BCUT2D eigenvalue weighted by atomic mass is 35.5. The topological polar surface area (TPSA) is 58.9 Å². The predicted octanol–water partition coefficient (Wildman–Crippen LogP) is 1.68. The molecule has 4 nitrogen and oxygen atoms in total. The number of aromatic nitrogens is 2. The Bertz CT molecular complexity index is 475. The zero-order chi connectivity index (χ0) is 9.26. The van der Waals surface area contributed by atoms with Gasteiger partial charge in [-0.2, -0.15) is 0 Å². The van der Waals surface area contributed by atoms with E-state index in [1.807, 2.05) is 0 Å². The third kappa shape index (κ3) is 1.62. The molecule has 0 saturated heterocycles. The van der Waals surface area contributed by atoms with Crippen molar-refractivity contribution >= 4 is 11.6 Å². The summed E-state index contributed by atoms with van der Waals surface area (Å²) in [6.07, 6.45) is 0. The lowest BCUT2D eigenvalue weighted by atomic mass is 10.2. The molecule has 0 spiro atoms. The summed E-state index contributed by atoms with van der Waals surface area (Å²) in [5.74, 6) is -0.192. The summed E-state index contributed by atoms with van der Waals surface area (Å²) >= 11 is 5.75. The molecule has 13 heavy (non-hydrogen) atoms. The summed E-state index contributed by atoms with van der Waals surface area (Å²) in [5.41, 5.74) is 0.721. The van der Waals surface area contributed by atoms with Crippen molar-refractivity contribution in [1.82, 2.24) is 10.1 Å². The van der Waals surface area contributed by atoms with Crippen molar-refractivity contribution in [3.8, 4) is 11.4 Å². The van der Waals surface area contributed by atoms with Gasteiger partial charge in [0, 0.05) is 10.6 Å². The van der Waals surface area contributed by atoms with Crippen molar-refractivity contribution in [2.45, 2.75) is 0 Å². The lowest BCUT2D eigenvalue weighted by Crippen LogP contribution is -1.94. The van der Waals surface area contributed by atoms with Crippen LogP contribution in [-0.4, -0.2) is 10.1 Å². The molecule has 0 saturated carbocycles. The van der Waals surface area contributed by atoms with Gasteiger partial charge in [0.05, 0.1) is 0 Å². The van der Waals surface area contributed by atoms with Gasteiger partial charge in [-0.05, 0) is 12.1 Å². The van der Waals surface area contributed by atoms with E-state index in [0.29, 0.717) is 10.8 Å². The number of H-pyrrole nitrogens is 1. The minimum Gasteiger partial charge on any atom is -0.296 e. The van der Waals surface area contributed by atoms with Gasteiger partial charge in [0.1, 0.15) is 0 Å². The standard InChI is InChI=1S/C8H5ClN2O2/c9-6-3-1-2-5(4-6)7-10-8(12)13-11-7/h1-4H,(H,10,11,12). The van der Waals surface area contributed by atoms with Gasteiger partial charge < -0.3 is 0 Å². The van der Waals surface area contributed by atoms with Crippen LogP contribution in [-0.2, 0) is 0 Å². The fraction of sp³-hybridized carbons (Fsp3) is 0. The van der Waals surface area contributed by atoms with Gasteiger partial charge in [0.25, 0.3) is 0 Å². The average Bonchev–Trinajstić information content (AvgIpc) is 2.52. The zero-order valence-electron chi connectivity index (χ0n) is 6.45. The fourth-order valence-corrected chi connectivity index (χ4v) is 1.18. The van der Waals surface area contributed by atoms with Crippen LogP contribution in [0.3, 0.4) is 0 Å². The van der Waals surface area contributed by atoms with Crippen molar-refractivity contribution < 1.29 is 4.52 Å². The summed E-state index contributed by atoms with van der Waals surface area (Å²) in [6.45, 7) is 0. The Balaban J connectivity index is 2.52. The Kier molecular flexibility index (Phi) is 1.90. The molecule has 2 aromatic rings. The maximum atomic E-state index is 10.6. The molecule has 66 valence electrons. The SMILES string of the molecule is O=c1[nH]c(-c2cccc(Cl)c2)no1. The number of rotatable bonds is 1. The first-order valence-electron chi connectivity index (χ1n) is 3.57. The number of benzene rings is 1. The van der Waals surface area contributed by atoms with E-state index in [2.05, 4.69) is 14.7 Å². The summed E-state index contributed by atoms with van der Waals surface area (Å²) in [6, 6.07) is 6.98. The fourth-order valence-electron chi connectivity index (χ4n) is 0.990. The van der Waals surface area contributed by atoms with E-state index in [0.717, 1.165) is 5.56 Å². The molecule has 2 rings (SSSR count). The first-order chi connectivity index (χ1) is 6.25. The second kappa shape index (κ2) is 3.06.